The third kappa shape index (κ3) is 5.39. The number of fused-ring (bicyclic) bond motifs is 1. The van der Waals surface area contributed by atoms with Crippen molar-refractivity contribution in [2.75, 3.05) is 7.11 Å². The van der Waals surface area contributed by atoms with Crippen LogP contribution < -0.4 is 4.74 Å². The number of halogens is 8. The summed E-state index contributed by atoms with van der Waals surface area (Å²) in [4.78, 5) is 14.5. The smallest absolute Gasteiger partial charge is 0.416 e. The van der Waals surface area contributed by atoms with E-state index in [1.165, 1.54) is 36.3 Å². The number of carbonyl (C=O) groups is 1. The summed E-state index contributed by atoms with van der Waals surface area (Å²) in [5.74, 6) is -0.698. The maximum absolute atomic E-state index is 14.8. The van der Waals surface area contributed by atoms with Crippen LogP contribution in [0.3, 0.4) is 0 Å². The van der Waals surface area contributed by atoms with Crippen LogP contribution in [0, 0.1) is 5.82 Å². The zero-order valence-corrected chi connectivity index (χ0v) is 23.3. The fourth-order valence-electron chi connectivity index (χ4n) is 5.84. The van der Waals surface area contributed by atoms with Gasteiger partial charge >= 0.3 is 18.4 Å². The van der Waals surface area contributed by atoms with Gasteiger partial charge in [-0.15, -0.1) is 0 Å². The van der Waals surface area contributed by atoms with Gasteiger partial charge in [-0.05, 0) is 77.4 Å². The number of hydrogen-bond acceptors (Lipinski definition) is 3. The predicted octanol–water partition coefficient (Wildman–Crippen LogP) is 9.71. The van der Waals surface area contributed by atoms with E-state index >= 15 is 0 Å². The third-order valence-corrected chi connectivity index (χ3v) is 7.98. The van der Waals surface area contributed by atoms with E-state index in [4.69, 9.17) is 21.1 Å². The highest BCUT2D eigenvalue weighted by molar-refractivity contribution is 6.30. The monoisotopic (exact) mass is 615 g/mol. The fourth-order valence-corrected chi connectivity index (χ4v) is 6.08. The molecule has 0 aromatic heterocycles. The van der Waals surface area contributed by atoms with Crippen LogP contribution in [0.2, 0.25) is 5.02 Å². The van der Waals surface area contributed by atoms with E-state index in [2.05, 4.69) is 0 Å². The van der Waals surface area contributed by atoms with E-state index in [-0.39, 0.29) is 40.7 Å². The Labute approximate surface area is 242 Å². The summed E-state index contributed by atoms with van der Waals surface area (Å²) in [6, 6.07) is 7.01. The molecule has 0 aliphatic carbocycles. The number of benzene rings is 3. The van der Waals surface area contributed by atoms with Crippen LogP contribution in [-0.4, -0.2) is 24.1 Å². The van der Waals surface area contributed by atoms with E-state index < -0.39 is 53.6 Å². The molecule has 12 heteroatoms. The van der Waals surface area contributed by atoms with Crippen LogP contribution in [0.4, 0.5) is 35.5 Å². The average Bonchev–Trinajstić information content (AvgIpc) is 3.48. The Bertz CT molecular complexity index is 1540. The van der Waals surface area contributed by atoms with Gasteiger partial charge in [-0.3, -0.25) is 4.90 Å². The van der Waals surface area contributed by atoms with Crippen LogP contribution in [0.1, 0.15) is 72.6 Å². The molecule has 1 amide bonds. The molecule has 2 saturated heterocycles. The van der Waals surface area contributed by atoms with E-state index in [0.717, 1.165) is 24.3 Å². The molecule has 0 radical (unpaired) electrons. The van der Waals surface area contributed by atoms with Crippen LogP contribution in [0.5, 0.6) is 5.75 Å². The standard InChI is InChI=1S/C30H25ClF7NO3/c1-14(2)20-12-22(26(41-3)13-23(20)32)19-5-4-16(29(33,34)35)11-21(19)24-6-7-25-27(42-28(40)39(24)25)15-8-17(30(36,37)38)10-18(31)9-15/h4-5,8-14,24-25,27H,6-7H2,1-3H3/t24-,25?,27+/m0/s1. The fraction of sp³-hybridized carbons (Fsp3) is 0.367. The first-order valence-electron chi connectivity index (χ1n) is 13.1. The largest absolute Gasteiger partial charge is 0.496 e. The Balaban J connectivity index is 1.62. The number of nitrogens with zero attached hydrogens (tertiary/aromatic N) is 1. The molecule has 2 fully saturated rings. The van der Waals surface area contributed by atoms with Crippen molar-refractivity contribution in [2.45, 2.75) is 63.1 Å². The summed E-state index contributed by atoms with van der Waals surface area (Å²) in [6.07, 6.45) is -11.0. The first kappa shape index (κ1) is 30.0. The van der Waals surface area contributed by atoms with Gasteiger partial charge in [0.1, 0.15) is 17.7 Å². The Kier molecular flexibility index (Phi) is 7.62. The first-order chi connectivity index (χ1) is 19.6. The molecule has 5 rings (SSSR count). The van der Waals surface area contributed by atoms with Crippen LogP contribution in [-0.2, 0) is 17.1 Å². The number of ether oxygens (including phenoxy) is 2. The second-order valence-corrected chi connectivity index (χ2v) is 11.1. The van der Waals surface area contributed by atoms with Gasteiger partial charge in [0.25, 0.3) is 0 Å². The van der Waals surface area contributed by atoms with E-state index in [1.807, 2.05) is 0 Å². The lowest BCUT2D eigenvalue weighted by Gasteiger charge is -2.26. The molecule has 224 valence electrons. The molecule has 3 atom stereocenters. The number of methoxy groups -OCH3 is 1. The summed E-state index contributed by atoms with van der Waals surface area (Å²) in [5.41, 5.74) is -0.853. The quantitative estimate of drug-likeness (QED) is 0.268. The topological polar surface area (TPSA) is 38.8 Å². The normalized spacial score (nSPS) is 20.7. The van der Waals surface area contributed by atoms with E-state index in [1.54, 1.807) is 13.8 Å². The minimum Gasteiger partial charge on any atom is -0.496 e. The van der Waals surface area contributed by atoms with Crippen molar-refractivity contribution in [3.8, 4) is 16.9 Å². The third-order valence-electron chi connectivity index (χ3n) is 7.76. The van der Waals surface area contributed by atoms with Crippen molar-refractivity contribution >= 4 is 17.7 Å². The maximum atomic E-state index is 14.8. The molecule has 1 unspecified atom stereocenters. The van der Waals surface area contributed by atoms with Crippen molar-refractivity contribution in [2.24, 2.45) is 0 Å². The van der Waals surface area contributed by atoms with Crippen molar-refractivity contribution < 1.29 is 45.0 Å². The second-order valence-electron chi connectivity index (χ2n) is 10.7. The number of carbonyl (C=O) groups excluding carboxylic acids is 1. The molecular weight excluding hydrogens is 591 g/mol. The Morgan fingerprint density at radius 3 is 2.24 bits per heavy atom. The second kappa shape index (κ2) is 10.7. The molecule has 0 saturated carbocycles. The van der Waals surface area contributed by atoms with Gasteiger partial charge in [-0.25, -0.2) is 9.18 Å². The number of amides is 1. The lowest BCUT2D eigenvalue weighted by molar-refractivity contribution is -0.138. The van der Waals surface area contributed by atoms with Crippen molar-refractivity contribution in [1.82, 2.24) is 4.90 Å². The number of alkyl halides is 6. The molecule has 4 nitrogen and oxygen atoms in total. The van der Waals surface area contributed by atoms with Crippen LogP contribution >= 0.6 is 11.6 Å². The van der Waals surface area contributed by atoms with Gasteiger partial charge < -0.3 is 9.47 Å². The molecular formula is C30H25ClF7NO3. The van der Waals surface area contributed by atoms with Crippen LogP contribution in [0.25, 0.3) is 11.1 Å². The molecule has 3 aromatic carbocycles. The lowest BCUT2D eigenvalue weighted by Crippen LogP contribution is -2.31. The Hall–Kier alpha value is -3.47. The van der Waals surface area contributed by atoms with Crippen molar-refractivity contribution in [3.63, 3.8) is 0 Å². The number of cyclic esters (lactones) is 1. The van der Waals surface area contributed by atoms with Gasteiger partial charge in [0.15, 0.2) is 0 Å². The first-order valence-corrected chi connectivity index (χ1v) is 13.4. The molecule has 0 spiro atoms. The molecule has 3 aromatic rings. The van der Waals surface area contributed by atoms with Gasteiger partial charge in [-0.2, -0.15) is 26.3 Å². The van der Waals surface area contributed by atoms with E-state index in [0.29, 0.717) is 16.7 Å². The van der Waals surface area contributed by atoms with Gasteiger partial charge in [0, 0.05) is 16.7 Å². The highest BCUT2D eigenvalue weighted by atomic mass is 35.5. The summed E-state index contributed by atoms with van der Waals surface area (Å²) >= 11 is 5.96. The van der Waals surface area contributed by atoms with Crippen LogP contribution in [0.15, 0.2) is 48.5 Å². The minimum atomic E-state index is -4.70. The highest BCUT2D eigenvalue weighted by Crippen LogP contribution is 2.51. The lowest BCUT2D eigenvalue weighted by atomic mass is 9.89. The Morgan fingerprint density at radius 2 is 1.62 bits per heavy atom. The Morgan fingerprint density at radius 1 is 0.929 bits per heavy atom. The molecule has 0 N–H and O–H groups in total. The zero-order chi connectivity index (χ0) is 30.7. The van der Waals surface area contributed by atoms with Gasteiger partial charge in [-0.1, -0.05) is 31.5 Å². The summed E-state index contributed by atoms with van der Waals surface area (Å²) < 4.78 is 108. The predicted molar refractivity (Wildman–Crippen MR) is 141 cm³/mol. The van der Waals surface area contributed by atoms with Crippen molar-refractivity contribution in [1.29, 1.82) is 0 Å². The van der Waals surface area contributed by atoms with E-state index in [9.17, 15) is 35.5 Å². The summed E-state index contributed by atoms with van der Waals surface area (Å²) in [6.45, 7) is 3.54. The molecule has 0 bridgehead atoms. The number of hydrogen-bond donors (Lipinski definition) is 0. The average molecular weight is 616 g/mol. The minimum absolute atomic E-state index is 0.0300. The molecule has 2 aliphatic heterocycles. The maximum Gasteiger partial charge on any atom is 0.416 e. The zero-order valence-electron chi connectivity index (χ0n) is 22.5. The summed E-state index contributed by atoms with van der Waals surface area (Å²) in [5, 5.41) is -0.201. The highest BCUT2D eigenvalue weighted by Gasteiger charge is 2.51. The van der Waals surface area contributed by atoms with Gasteiger partial charge in [0.05, 0.1) is 30.3 Å². The molecule has 2 heterocycles. The molecule has 42 heavy (non-hydrogen) atoms. The molecule has 2 aliphatic rings. The number of rotatable bonds is 5. The van der Waals surface area contributed by atoms with Gasteiger partial charge in [0.2, 0.25) is 0 Å². The summed E-state index contributed by atoms with van der Waals surface area (Å²) in [7, 11) is 1.31. The SMILES string of the molecule is COc1cc(F)c(C(C)C)cc1-c1ccc(C(F)(F)F)cc1[C@@H]1CCC2[C@@H](c3cc(Cl)cc(C(F)(F)F)c3)OC(=O)N21. The van der Waals surface area contributed by atoms with Crippen molar-refractivity contribution in [3.05, 3.63) is 87.2 Å².